The van der Waals surface area contributed by atoms with E-state index in [4.69, 9.17) is 23.2 Å². The zero-order valence-corrected chi connectivity index (χ0v) is 23.5. The van der Waals surface area contributed by atoms with Gasteiger partial charge in [-0.15, -0.1) is 23.2 Å². The molecule has 1 aromatic rings. The molecule has 0 radical (unpaired) electrons. The fourth-order valence-electron chi connectivity index (χ4n) is 8.79. The normalized spacial score (nSPS) is 37.2. The van der Waals surface area contributed by atoms with Crippen molar-refractivity contribution in [2.75, 3.05) is 0 Å². The van der Waals surface area contributed by atoms with E-state index in [2.05, 4.69) is 43.4 Å². The topological polar surface area (TPSA) is 0 Å². The van der Waals surface area contributed by atoms with Crippen molar-refractivity contribution in [1.82, 2.24) is 0 Å². The zero-order valence-electron chi connectivity index (χ0n) is 21.0. The lowest BCUT2D eigenvalue weighted by atomic mass is 9.81. The molecule has 3 heteroatoms. The average Bonchev–Trinajstić information content (AvgIpc) is 3.36. The number of alkyl halides is 2. The van der Waals surface area contributed by atoms with E-state index >= 15 is 0 Å². The van der Waals surface area contributed by atoms with Gasteiger partial charge in [-0.3, -0.25) is 0 Å². The molecule has 4 fully saturated rings. The maximum Gasteiger partial charge on any atom is 0.112 e. The van der Waals surface area contributed by atoms with Gasteiger partial charge in [0.1, 0.15) is 4.33 Å². The number of halogens is 2. The first kappa shape index (κ1) is 25.1. The Morgan fingerprint density at radius 3 is 1.97 bits per heavy atom. The summed E-state index contributed by atoms with van der Waals surface area (Å²) in [5.41, 5.74) is 3.87. The molecule has 0 bridgehead atoms. The molecular weight excluding hydrogens is 447 g/mol. The van der Waals surface area contributed by atoms with Crippen LogP contribution in [0, 0.1) is 23.7 Å². The van der Waals surface area contributed by atoms with Crippen molar-refractivity contribution >= 4 is 31.3 Å². The second-order valence-corrected chi connectivity index (χ2v) is 19.7. The van der Waals surface area contributed by atoms with Crippen LogP contribution in [-0.2, 0) is 0 Å². The summed E-state index contributed by atoms with van der Waals surface area (Å²) in [6.07, 6.45) is 17.0. The molecule has 7 unspecified atom stereocenters. The minimum absolute atomic E-state index is 0.556. The Bertz CT molecular complexity index is 718. The Labute approximate surface area is 209 Å². The highest BCUT2D eigenvalue weighted by Gasteiger charge is 2.56. The van der Waals surface area contributed by atoms with Crippen molar-refractivity contribution in [3.63, 3.8) is 0 Å². The predicted octanol–water partition coefficient (Wildman–Crippen LogP) is 10.2. The molecular formula is C29H46Cl2Si. The Hall–Kier alpha value is 0.0169. The molecule has 4 saturated carbocycles. The lowest BCUT2D eigenvalue weighted by Crippen LogP contribution is -2.45. The molecule has 4 aliphatic carbocycles. The predicted molar refractivity (Wildman–Crippen MR) is 145 cm³/mol. The second kappa shape index (κ2) is 10.3. The highest BCUT2D eigenvalue weighted by atomic mass is 35.5. The molecule has 0 spiro atoms. The fraction of sp³-hybridized carbons (Fsp3) is 0.793. The molecule has 0 aliphatic heterocycles. The fourth-order valence-corrected chi connectivity index (χ4v) is 14.6. The van der Waals surface area contributed by atoms with Crippen LogP contribution in [0.15, 0.2) is 30.3 Å². The van der Waals surface area contributed by atoms with Gasteiger partial charge >= 0.3 is 0 Å². The highest BCUT2D eigenvalue weighted by molar-refractivity contribution is 6.80. The van der Waals surface area contributed by atoms with Gasteiger partial charge in [0.15, 0.2) is 0 Å². The molecule has 0 aromatic heterocycles. The van der Waals surface area contributed by atoms with Crippen molar-refractivity contribution < 1.29 is 0 Å². The molecule has 4 aliphatic rings. The van der Waals surface area contributed by atoms with Crippen LogP contribution in [0.4, 0.5) is 0 Å². The lowest BCUT2D eigenvalue weighted by molar-refractivity contribution is 0.263. The Morgan fingerprint density at radius 2 is 1.31 bits per heavy atom. The van der Waals surface area contributed by atoms with E-state index < -0.39 is 12.4 Å². The van der Waals surface area contributed by atoms with Gasteiger partial charge in [0, 0.05) is 0 Å². The van der Waals surface area contributed by atoms with Gasteiger partial charge < -0.3 is 0 Å². The average molecular weight is 494 g/mol. The molecule has 0 saturated heterocycles. The van der Waals surface area contributed by atoms with E-state index in [1.807, 2.05) is 0 Å². The quantitative estimate of drug-likeness (QED) is 0.290. The van der Waals surface area contributed by atoms with Crippen molar-refractivity contribution in [3.8, 4) is 0 Å². The summed E-state index contributed by atoms with van der Waals surface area (Å²) < 4.78 is -0.556. The minimum atomic E-state index is -1.30. The van der Waals surface area contributed by atoms with Gasteiger partial charge in [-0.25, -0.2) is 0 Å². The summed E-state index contributed by atoms with van der Waals surface area (Å²) in [7, 11) is -1.30. The van der Waals surface area contributed by atoms with Gasteiger partial charge in [-0.2, -0.15) is 0 Å². The van der Waals surface area contributed by atoms with Crippen LogP contribution in [0.2, 0.25) is 24.2 Å². The molecule has 5 rings (SSSR count). The van der Waals surface area contributed by atoms with E-state index in [1.54, 1.807) is 51.5 Å². The summed E-state index contributed by atoms with van der Waals surface area (Å²) >= 11 is 10.6. The van der Waals surface area contributed by atoms with Crippen molar-refractivity contribution in [2.45, 2.75) is 119 Å². The Balaban J connectivity index is 0.000000444. The first-order valence-electron chi connectivity index (χ1n) is 13.6. The van der Waals surface area contributed by atoms with Gasteiger partial charge in [-0.1, -0.05) is 108 Å². The molecule has 180 valence electrons. The summed E-state index contributed by atoms with van der Waals surface area (Å²) in [6, 6.07) is 11.8. The van der Waals surface area contributed by atoms with E-state index in [-0.39, 0.29) is 0 Å². The third-order valence-electron chi connectivity index (χ3n) is 9.79. The standard InChI is InChI=1S/C26H40Si.C3H6Cl2/c1-27(2,25-17-16-20-12-6-8-14-22(20)25)26-23-15-9-7-13-21(23)18-24(26)19-10-4-3-5-11-19;1-3(2,4)5/h3-5,10-11,20-26H,6-9,12-18H2,1-2H3;1-2H3. The van der Waals surface area contributed by atoms with Crippen LogP contribution in [0.1, 0.15) is 96.0 Å². The molecule has 32 heavy (non-hydrogen) atoms. The van der Waals surface area contributed by atoms with E-state index in [0.29, 0.717) is 0 Å². The monoisotopic (exact) mass is 492 g/mol. The number of hydrogen-bond acceptors (Lipinski definition) is 0. The number of fused-ring (bicyclic) bond motifs is 2. The van der Waals surface area contributed by atoms with Crippen LogP contribution in [0.5, 0.6) is 0 Å². The minimum Gasteiger partial charge on any atom is -0.102 e. The first-order valence-corrected chi connectivity index (χ1v) is 17.5. The Kier molecular flexibility index (Phi) is 8.11. The molecule has 0 amide bonds. The Morgan fingerprint density at radius 1 is 0.750 bits per heavy atom. The van der Waals surface area contributed by atoms with Crippen LogP contribution in [0.3, 0.4) is 0 Å². The third-order valence-corrected chi connectivity index (χ3v) is 15.0. The molecule has 0 heterocycles. The van der Waals surface area contributed by atoms with E-state index in [9.17, 15) is 0 Å². The van der Waals surface area contributed by atoms with E-state index in [1.165, 1.54) is 38.5 Å². The SMILES string of the molecule is CC(C)(Cl)Cl.C[Si](C)(C1CCC2CCCCC21)C1C(c2ccccc2)CC2CCCCC21. The van der Waals surface area contributed by atoms with Crippen LogP contribution in [0.25, 0.3) is 0 Å². The van der Waals surface area contributed by atoms with Gasteiger partial charge in [0.05, 0.1) is 8.07 Å². The summed E-state index contributed by atoms with van der Waals surface area (Å²) in [6.45, 7) is 9.14. The largest absolute Gasteiger partial charge is 0.112 e. The first-order chi connectivity index (χ1) is 15.2. The lowest BCUT2D eigenvalue weighted by Gasteiger charge is -2.46. The van der Waals surface area contributed by atoms with Gasteiger partial charge in [0.2, 0.25) is 0 Å². The number of hydrogen-bond donors (Lipinski definition) is 0. The zero-order chi connectivity index (χ0) is 22.9. The molecule has 0 N–H and O–H groups in total. The summed E-state index contributed by atoms with van der Waals surface area (Å²) in [5.74, 6) is 5.20. The second-order valence-electron chi connectivity index (χ2n) is 12.5. The maximum absolute atomic E-state index is 5.30. The van der Waals surface area contributed by atoms with Crippen LogP contribution >= 0.6 is 23.2 Å². The number of benzene rings is 1. The van der Waals surface area contributed by atoms with Crippen LogP contribution < -0.4 is 0 Å². The summed E-state index contributed by atoms with van der Waals surface area (Å²) in [4.78, 5) is 0. The van der Waals surface area contributed by atoms with Crippen LogP contribution in [-0.4, -0.2) is 12.4 Å². The highest BCUT2D eigenvalue weighted by Crippen LogP contribution is 2.65. The van der Waals surface area contributed by atoms with Crippen molar-refractivity contribution in [1.29, 1.82) is 0 Å². The maximum atomic E-state index is 5.30. The molecule has 0 nitrogen and oxygen atoms in total. The number of rotatable bonds is 3. The van der Waals surface area contributed by atoms with Gasteiger partial charge in [0.25, 0.3) is 0 Å². The van der Waals surface area contributed by atoms with Crippen molar-refractivity contribution in [2.24, 2.45) is 23.7 Å². The molecule has 7 atom stereocenters. The van der Waals surface area contributed by atoms with Crippen molar-refractivity contribution in [3.05, 3.63) is 35.9 Å². The third kappa shape index (κ3) is 5.63. The molecule has 1 aromatic carbocycles. The van der Waals surface area contributed by atoms with Gasteiger partial charge in [-0.05, 0) is 66.5 Å². The summed E-state index contributed by atoms with van der Waals surface area (Å²) in [5, 5.41) is 0. The van der Waals surface area contributed by atoms with E-state index in [0.717, 1.165) is 40.7 Å². The smallest absolute Gasteiger partial charge is 0.102 e.